The molecule has 0 spiro atoms. The van der Waals surface area contributed by atoms with Crippen molar-refractivity contribution in [3.63, 3.8) is 0 Å². The lowest BCUT2D eigenvalue weighted by atomic mass is 10.2. The molecule has 0 aliphatic heterocycles. The molecule has 0 amide bonds. The van der Waals surface area contributed by atoms with E-state index in [2.05, 4.69) is 26.0 Å². The maximum atomic E-state index is 12.1. The molecule has 1 aromatic carbocycles. The molecule has 0 aliphatic carbocycles. The number of pyridine rings is 1. The number of ether oxygens (including phenoxy) is 1. The largest absolute Gasteiger partial charge is 0.420 e. The molecular formula is C19H16BrN3O2. The van der Waals surface area contributed by atoms with Gasteiger partial charge in [-0.2, -0.15) is 5.10 Å². The Bertz CT molecular complexity index is 933. The number of aromatic nitrogens is 3. The average Bonchev–Trinajstić information content (AvgIpc) is 2.90. The zero-order valence-electron chi connectivity index (χ0n) is 13.8. The van der Waals surface area contributed by atoms with Gasteiger partial charge >= 0.3 is 5.97 Å². The van der Waals surface area contributed by atoms with Gasteiger partial charge in [0.15, 0.2) is 5.75 Å². The van der Waals surface area contributed by atoms with Crippen LogP contribution in [0.5, 0.6) is 5.75 Å². The van der Waals surface area contributed by atoms with Crippen LogP contribution in [0.2, 0.25) is 0 Å². The number of benzene rings is 1. The quantitative estimate of drug-likeness (QED) is 0.374. The molecule has 0 bridgehead atoms. The standard InChI is InChI=1S/C19H16BrN3O2/c1-13-16(14(2)23(22-13)15-7-4-3-5-8-15)10-11-18(24)25-17-9-6-12-21-19(17)20/h3-12H,1-2H3. The van der Waals surface area contributed by atoms with Crippen molar-refractivity contribution in [1.82, 2.24) is 14.8 Å². The summed E-state index contributed by atoms with van der Waals surface area (Å²) in [6.07, 6.45) is 4.73. The van der Waals surface area contributed by atoms with E-state index in [0.29, 0.717) is 10.4 Å². The van der Waals surface area contributed by atoms with Crippen LogP contribution in [0, 0.1) is 13.8 Å². The molecule has 25 heavy (non-hydrogen) atoms. The highest BCUT2D eigenvalue weighted by atomic mass is 79.9. The smallest absolute Gasteiger partial charge is 0.336 e. The van der Waals surface area contributed by atoms with Crippen molar-refractivity contribution in [2.24, 2.45) is 0 Å². The number of rotatable bonds is 4. The second-order valence-corrected chi connectivity index (χ2v) is 6.13. The van der Waals surface area contributed by atoms with Crippen molar-refractivity contribution in [2.75, 3.05) is 0 Å². The first-order chi connectivity index (χ1) is 12.1. The number of hydrogen-bond acceptors (Lipinski definition) is 4. The molecule has 2 heterocycles. The van der Waals surface area contributed by atoms with Crippen LogP contribution < -0.4 is 4.74 Å². The van der Waals surface area contributed by atoms with Gasteiger partial charge in [-0.15, -0.1) is 0 Å². The minimum Gasteiger partial charge on any atom is -0.420 e. The number of carbonyl (C=O) groups excluding carboxylic acids is 1. The van der Waals surface area contributed by atoms with E-state index in [4.69, 9.17) is 4.74 Å². The number of para-hydroxylation sites is 1. The van der Waals surface area contributed by atoms with Crippen LogP contribution in [0.25, 0.3) is 11.8 Å². The van der Waals surface area contributed by atoms with E-state index in [-0.39, 0.29) is 0 Å². The lowest BCUT2D eigenvalue weighted by Crippen LogP contribution is -2.04. The third-order valence-electron chi connectivity index (χ3n) is 3.67. The summed E-state index contributed by atoms with van der Waals surface area (Å²) in [5, 5.41) is 4.55. The van der Waals surface area contributed by atoms with Crippen molar-refractivity contribution < 1.29 is 9.53 Å². The molecular weight excluding hydrogens is 382 g/mol. The van der Waals surface area contributed by atoms with E-state index in [1.165, 1.54) is 6.08 Å². The third-order valence-corrected chi connectivity index (χ3v) is 4.27. The summed E-state index contributed by atoms with van der Waals surface area (Å²) in [5.74, 6) is -0.0921. The van der Waals surface area contributed by atoms with Gasteiger partial charge in [0.05, 0.1) is 11.4 Å². The molecule has 0 saturated heterocycles. The zero-order chi connectivity index (χ0) is 17.8. The van der Waals surface area contributed by atoms with Crippen LogP contribution in [0.15, 0.2) is 59.3 Å². The predicted octanol–water partition coefficient (Wildman–Crippen LogP) is 4.27. The Hall–Kier alpha value is -2.73. The minimum absolute atomic E-state index is 0.380. The monoisotopic (exact) mass is 397 g/mol. The van der Waals surface area contributed by atoms with Crippen LogP contribution in [0.3, 0.4) is 0 Å². The Kier molecular flexibility index (Phi) is 5.09. The van der Waals surface area contributed by atoms with Crippen LogP contribution in [-0.2, 0) is 4.79 Å². The van der Waals surface area contributed by atoms with Gasteiger partial charge in [0.25, 0.3) is 0 Å². The highest BCUT2D eigenvalue weighted by Gasteiger charge is 2.11. The predicted molar refractivity (Wildman–Crippen MR) is 99.6 cm³/mol. The Balaban J connectivity index is 1.81. The first kappa shape index (κ1) is 17.1. The molecule has 3 aromatic rings. The summed E-state index contributed by atoms with van der Waals surface area (Å²) < 4.78 is 7.62. The average molecular weight is 398 g/mol. The molecule has 2 aromatic heterocycles. The normalized spacial score (nSPS) is 11.0. The van der Waals surface area contributed by atoms with E-state index in [1.807, 2.05) is 48.9 Å². The molecule has 0 atom stereocenters. The topological polar surface area (TPSA) is 57.0 Å². The van der Waals surface area contributed by atoms with Gasteiger partial charge in [0.2, 0.25) is 0 Å². The van der Waals surface area contributed by atoms with E-state index in [0.717, 1.165) is 22.6 Å². The maximum absolute atomic E-state index is 12.1. The molecule has 0 radical (unpaired) electrons. The van der Waals surface area contributed by atoms with Crippen molar-refractivity contribution >= 4 is 28.0 Å². The highest BCUT2D eigenvalue weighted by molar-refractivity contribution is 9.10. The first-order valence-corrected chi connectivity index (χ1v) is 8.47. The van der Waals surface area contributed by atoms with Crippen molar-refractivity contribution in [1.29, 1.82) is 0 Å². The van der Waals surface area contributed by atoms with Gasteiger partial charge in [-0.05, 0) is 60.1 Å². The highest BCUT2D eigenvalue weighted by Crippen LogP contribution is 2.22. The summed E-state index contributed by atoms with van der Waals surface area (Å²) in [4.78, 5) is 16.1. The molecule has 0 aliphatic rings. The minimum atomic E-state index is -0.472. The van der Waals surface area contributed by atoms with E-state index in [9.17, 15) is 4.79 Å². The van der Waals surface area contributed by atoms with Gasteiger partial charge in [-0.1, -0.05) is 18.2 Å². The van der Waals surface area contributed by atoms with Crippen LogP contribution in [-0.4, -0.2) is 20.7 Å². The number of carbonyl (C=O) groups is 1. The molecule has 0 unspecified atom stereocenters. The van der Waals surface area contributed by atoms with E-state index in [1.54, 1.807) is 24.4 Å². The number of halogens is 1. The molecule has 0 N–H and O–H groups in total. The Morgan fingerprint density at radius 2 is 1.92 bits per heavy atom. The molecule has 5 nitrogen and oxygen atoms in total. The van der Waals surface area contributed by atoms with Crippen LogP contribution >= 0.6 is 15.9 Å². The summed E-state index contributed by atoms with van der Waals surface area (Å²) in [7, 11) is 0. The lowest BCUT2D eigenvalue weighted by Gasteiger charge is -2.04. The van der Waals surface area contributed by atoms with Gasteiger partial charge in [-0.25, -0.2) is 14.5 Å². The van der Waals surface area contributed by atoms with Gasteiger partial charge in [-0.3, -0.25) is 0 Å². The molecule has 0 fully saturated rings. The zero-order valence-corrected chi connectivity index (χ0v) is 15.4. The molecule has 126 valence electrons. The summed E-state index contributed by atoms with van der Waals surface area (Å²) in [6.45, 7) is 3.88. The van der Waals surface area contributed by atoms with Gasteiger partial charge < -0.3 is 4.74 Å². The molecule has 3 rings (SSSR count). The maximum Gasteiger partial charge on any atom is 0.336 e. The van der Waals surface area contributed by atoms with Crippen molar-refractivity contribution in [3.8, 4) is 11.4 Å². The number of nitrogens with zero attached hydrogens (tertiary/aromatic N) is 3. The van der Waals surface area contributed by atoms with E-state index >= 15 is 0 Å². The fraction of sp³-hybridized carbons (Fsp3) is 0.105. The second kappa shape index (κ2) is 7.44. The summed E-state index contributed by atoms with van der Waals surface area (Å²) in [5.41, 5.74) is 3.67. The van der Waals surface area contributed by atoms with E-state index < -0.39 is 5.97 Å². The van der Waals surface area contributed by atoms with Crippen LogP contribution in [0.4, 0.5) is 0 Å². The van der Waals surface area contributed by atoms with Gasteiger partial charge in [0.1, 0.15) is 4.60 Å². The van der Waals surface area contributed by atoms with Gasteiger partial charge in [0, 0.05) is 23.5 Å². The fourth-order valence-corrected chi connectivity index (χ4v) is 2.79. The lowest BCUT2D eigenvalue weighted by molar-refractivity contribution is -0.128. The summed E-state index contributed by atoms with van der Waals surface area (Å²) >= 11 is 3.25. The van der Waals surface area contributed by atoms with Crippen LogP contribution in [0.1, 0.15) is 17.0 Å². The van der Waals surface area contributed by atoms with Crippen molar-refractivity contribution in [3.05, 3.63) is 76.3 Å². The van der Waals surface area contributed by atoms with Crippen molar-refractivity contribution in [2.45, 2.75) is 13.8 Å². The Morgan fingerprint density at radius 3 is 2.64 bits per heavy atom. The summed E-state index contributed by atoms with van der Waals surface area (Å²) in [6, 6.07) is 13.2. The first-order valence-electron chi connectivity index (χ1n) is 7.68. The number of esters is 1. The fourth-order valence-electron chi connectivity index (χ4n) is 2.46. The molecule has 0 saturated carbocycles. The Morgan fingerprint density at radius 1 is 1.16 bits per heavy atom. The Labute approximate surface area is 154 Å². The third kappa shape index (κ3) is 3.85. The molecule has 6 heteroatoms. The number of aryl methyl sites for hydroxylation is 1. The SMILES string of the molecule is Cc1nn(-c2ccccc2)c(C)c1C=CC(=O)Oc1cccnc1Br. The second-order valence-electron chi connectivity index (χ2n) is 5.38. The number of hydrogen-bond donors (Lipinski definition) is 0.